The highest BCUT2D eigenvalue weighted by Gasteiger charge is 2.34. The summed E-state index contributed by atoms with van der Waals surface area (Å²) in [5.41, 5.74) is 0. The van der Waals surface area contributed by atoms with E-state index in [2.05, 4.69) is 5.32 Å². The minimum absolute atomic E-state index is 0. The molecular weight excluding hydrogens is 343 g/mol. The van der Waals surface area contributed by atoms with Crippen LogP contribution in [0.4, 0.5) is 0 Å². The third-order valence-electron chi connectivity index (χ3n) is 3.21. The predicted octanol–water partition coefficient (Wildman–Crippen LogP) is 2.79. The molecule has 0 amide bonds. The maximum atomic E-state index is 12.7. The number of hydrogen-bond acceptors (Lipinski definition) is 3. The summed E-state index contributed by atoms with van der Waals surface area (Å²) in [5, 5.41) is 3.58. The van der Waals surface area contributed by atoms with Crippen molar-refractivity contribution in [3.63, 3.8) is 0 Å². The van der Waals surface area contributed by atoms with Crippen LogP contribution in [0.15, 0.2) is 23.1 Å². The molecule has 20 heavy (non-hydrogen) atoms. The molecule has 4 nitrogen and oxygen atoms in total. The molecule has 2 atom stereocenters. The van der Waals surface area contributed by atoms with Gasteiger partial charge in [0, 0.05) is 25.2 Å². The molecule has 0 bridgehead atoms. The van der Waals surface area contributed by atoms with Crippen molar-refractivity contribution in [1.29, 1.82) is 0 Å². The lowest BCUT2D eigenvalue weighted by atomic mass is 10.2. The third kappa shape index (κ3) is 3.40. The fourth-order valence-corrected chi connectivity index (χ4v) is 4.59. The summed E-state index contributed by atoms with van der Waals surface area (Å²) in [6.45, 7) is 4.87. The normalized spacial score (nSPS) is 24.2. The maximum absolute atomic E-state index is 12.7. The van der Waals surface area contributed by atoms with Crippen molar-refractivity contribution in [1.82, 2.24) is 9.62 Å². The molecule has 1 aliphatic rings. The van der Waals surface area contributed by atoms with Crippen molar-refractivity contribution in [3.8, 4) is 0 Å². The van der Waals surface area contributed by atoms with Gasteiger partial charge in [-0.3, -0.25) is 0 Å². The molecule has 1 saturated heterocycles. The largest absolute Gasteiger partial charge is 0.311 e. The van der Waals surface area contributed by atoms with Crippen molar-refractivity contribution in [2.45, 2.75) is 30.8 Å². The van der Waals surface area contributed by atoms with Gasteiger partial charge in [0.2, 0.25) is 10.0 Å². The number of rotatable bonds is 2. The van der Waals surface area contributed by atoms with Gasteiger partial charge >= 0.3 is 0 Å². The molecule has 0 saturated carbocycles. The van der Waals surface area contributed by atoms with Crippen molar-refractivity contribution in [2.75, 3.05) is 13.1 Å². The van der Waals surface area contributed by atoms with Crippen molar-refractivity contribution < 1.29 is 8.42 Å². The molecule has 0 radical (unpaired) electrons. The number of halogens is 3. The Kier molecular flexibility index (Phi) is 6.14. The standard InChI is InChI=1S/C12H16Cl2N2O2S.ClH/c1-8-7-16(9(2)6-15-8)19(17,18)11-5-3-4-10(13)12(11)14;/h3-5,8-9,15H,6-7H2,1-2H3;1H. The molecule has 1 aromatic carbocycles. The lowest BCUT2D eigenvalue weighted by molar-refractivity contribution is 0.244. The van der Waals surface area contributed by atoms with Crippen LogP contribution in [-0.2, 0) is 10.0 Å². The molecule has 0 spiro atoms. The molecule has 0 aromatic heterocycles. The van der Waals surface area contributed by atoms with Crippen LogP contribution < -0.4 is 5.32 Å². The van der Waals surface area contributed by atoms with Crippen molar-refractivity contribution in [3.05, 3.63) is 28.2 Å². The van der Waals surface area contributed by atoms with E-state index in [1.54, 1.807) is 12.1 Å². The van der Waals surface area contributed by atoms with E-state index in [4.69, 9.17) is 23.2 Å². The van der Waals surface area contributed by atoms with Gasteiger partial charge in [0.1, 0.15) is 4.90 Å². The molecule has 1 heterocycles. The van der Waals surface area contributed by atoms with E-state index in [-0.39, 0.29) is 39.4 Å². The van der Waals surface area contributed by atoms with Gasteiger partial charge in [0.15, 0.2) is 0 Å². The zero-order valence-electron chi connectivity index (χ0n) is 11.1. The second-order valence-electron chi connectivity index (χ2n) is 4.78. The fraction of sp³-hybridized carbons (Fsp3) is 0.500. The first-order valence-electron chi connectivity index (χ1n) is 6.03. The summed E-state index contributed by atoms with van der Waals surface area (Å²) in [7, 11) is -3.62. The molecular formula is C12H17Cl3N2O2S. The molecule has 1 fully saturated rings. The SMILES string of the molecule is CC1CN(S(=O)(=O)c2cccc(Cl)c2Cl)C(C)CN1.Cl. The van der Waals surface area contributed by atoms with Crippen molar-refractivity contribution >= 4 is 45.6 Å². The highest BCUT2D eigenvalue weighted by Crippen LogP contribution is 2.32. The van der Waals surface area contributed by atoms with E-state index in [1.807, 2.05) is 13.8 Å². The van der Waals surface area contributed by atoms with Gasteiger partial charge in [-0.25, -0.2) is 8.42 Å². The first kappa shape index (κ1) is 18.0. The number of sulfonamides is 1. The highest BCUT2D eigenvalue weighted by molar-refractivity contribution is 7.89. The van der Waals surface area contributed by atoms with Crippen LogP contribution in [0.5, 0.6) is 0 Å². The second kappa shape index (κ2) is 6.81. The Hall–Kier alpha value is -0.0400. The van der Waals surface area contributed by atoms with Gasteiger partial charge in [0.25, 0.3) is 0 Å². The highest BCUT2D eigenvalue weighted by atomic mass is 35.5. The van der Waals surface area contributed by atoms with E-state index in [9.17, 15) is 8.42 Å². The number of nitrogens with zero attached hydrogens (tertiary/aromatic N) is 1. The summed E-state index contributed by atoms with van der Waals surface area (Å²) in [6, 6.07) is 4.66. The van der Waals surface area contributed by atoms with Gasteiger partial charge in [-0.05, 0) is 26.0 Å². The van der Waals surface area contributed by atoms with Gasteiger partial charge in [0.05, 0.1) is 10.0 Å². The summed E-state index contributed by atoms with van der Waals surface area (Å²) in [6.07, 6.45) is 0. The third-order valence-corrected chi connectivity index (χ3v) is 6.16. The van der Waals surface area contributed by atoms with Gasteiger partial charge < -0.3 is 5.32 Å². The van der Waals surface area contributed by atoms with Gasteiger partial charge in [-0.1, -0.05) is 29.3 Å². The van der Waals surface area contributed by atoms with E-state index in [1.165, 1.54) is 10.4 Å². The van der Waals surface area contributed by atoms with Crippen LogP contribution in [0, 0.1) is 0 Å². The first-order chi connectivity index (χ1) is 8.84. The van der Waals surface area contributed by atoms with Gasteiger partial charge in [-0.15, -0.1) is 12.4 Å². The monoisotopic (exact) mass is 358 g/mol. The first-order valence-corrected chi connectivity index (χ1v) is 8.23. The zero-order chi connectivity index (χ0) is 14.2. The molecule has 1 N–H and O–H groups in total. The number of hydrogen-bond donors (Lipinski definition) is 1. The van der Waals surface area contributed by atoms with Crippen LogP contribution >= 0.6 is 35.6 Å². The minimum atomic E-state index is -3.62. The van der Waals surface area contributed by atoms with Gasteiger partial charge in [-0.2, -0.15) is 4.31 Å². The summed E-state index contributed by atoms with van der Waals surface area (Å²) < 4.78 is 26.8. The van der Waals surface area contributed by atoms with E-state index < -0.39 is 10.0 Å². The number of benzene rings is 1. The molecule has 2 unspecified atom stereocenters. The average Bonchev–Trinajstić information content (AvgIpc) is 2.35. The Bertz CT molecular complexity index is 580. The second-order valence-corrected chi connectivity index (χ2v) is 7.43. The van der Waals surface area contributed by atoms with Crippen LogP contribution in [-0.4, -0.2) is 37.9 Å². The summed E-state index contributed by atoms with van der Waals surface area (Å²) in [5.74, 6) is 0. The summed E-state index contributed by atoms with van der Waals surface area (Å²) >= 11 is 11.9. The van der Waals surface area contributed by atoms with Crippen LogP contribution in [0.1, 0.15) is 13.8 Å². The Morgan fingerprint density at radius 3 is 2.60 bits per heavy atom. The lowest BCUT2D eigenvalue weighted by Crippen LogP contribution is -2.56. The maximum Gasteiger partial charge on any atom is 0.244 e. The smallest absolute Gasteiger partial charge is 0.244 e. The lowest BCUT2D eigenvalue weighted by Gasteiger charge is -2.36. The quantitative estimate of drug-likeness (QED) is 0.883. The molecule has 1 aliphatic heterocycles. The molecule has 2 rings (SSSR count). The molecule has 8 heteroatoms. The van der Waals surface area contributed by atoms with E-state index in [0.717, 1.165) is 0 Å². The van der Waals surface area contributed by atoms with Crippen LogP contribution in [0.3, 0.4) is 0 Å². The predicted molar refractivity (Wildman–Crippen MR) is 84.5 cm³/mol. The van der Waals surface area contributed by atoms with Crippen LogP contribution in [0.25, 0.3) is 0 Å². The molecule has 114 valence electrons. The van der Waals surface area contributed by atoms with E-state index in [0.29, 0.717) is 13.1 Å². The van der Waals surface area contributed by atoms with Crippen molar-refractivity contribution in [2.24, 2.45) is 0 Å². The fourth-order valence-electron chi connectivity index (χ4n) is 2.13. The zero-order valence-corrected chi connectivity index (χ0v) is 14.3. The Balaban J connectivity index is 0.00000200. The Morgan fingerprint density at radius 2 is 1.95 bits per heavy atom. The summed E-state index contributed by atoms with van der Waals surface area (Å²) in [4.78, 5) is 0.0719. The number of piperazine rings is 1. The Labute approximate surface area is 135 Å². The Morgan fingerprint density at radius 1 is 1.30 bits per heavy atom. The van der Waals surface area contributed by atoms with E-state index >= 15 is 0 Å². The van der Waals surface area contributed by atoms with Crippen LogP contribution in [0.2, 0.25) is 10.0 Å². The molecule has 0 aliphatic carbocycles. The number of nitrogens with one attached hydrogen (secondary N) is 1. The topological polar surface area (TPSA) is 49.4 Å². The molecule has 1 aromatic rings. The minimum Gasteiger partial charge on any atom is -0.311 e. The average molecular weight is 360 g/mol.